The quantitative estimate of drug-likeness (QED) is 0.846. The molecule has 1 aliphatic rings. The summed E-state index contributed by atoms with van der Waals surface area (Å²) in [5.41, 5.74) is 6.80. The molecular weight excluding hydrogens is 227 g/mol. The van der Waals surface area contributed by atoms with Gasteiger partial charge in [0.25, 0.3) is 0 Å². The highest BCUT2D eigenvalue weighted by atomic mass is 19.4. The van der Waals surface area contributed by atoms with Crippen LogP contribution in [0.25, 0.3) is 0 Å². The second-order valence-corrected chi connectivity index (χ2v) is 4.87. The maximum atomic E-state index is 12.5. The van der Waals surface area contributed by atoms with E-state index in [1.807, 2.05) is 0 Å². The molecule has 0 amide bonds. The molecule has 0 heterocycles. The van der Waals surface area contributed by atoms with E-state index in [1.54, 1.807) is 13.0 Å². The van der Waals surface area contributed by atoms with Gasteiger partial charge in [-0.05, 0) is 43.0 Å². The summed E-state index contributed by atoms with van der Waals surface area (Å²) in [5, 5.41) is 0. The van der Waals surface area contributed by atoms with Crippen molar-refractivity contribution in [1.82, 2.24) is 0 Å². The number of benzene rings is 1. The van der Waals surface area contributed by atoms with Gasteiger partial charge < -0.3 is 5.73 Å². The van der Waals surface area contributed by atoms with E-state index in [0.717, 1.165) is 30.9 Å². The Bertz CT molecular complexity index is 414. The number of alkyl halides is 3. The molecule has 17 heavy (non-hydrogen) atoms. The zero-order valence-electron chi connectivity index (χ0n) is 9.77. The smallest absolute Gasteiger partial charge is 0.330 e. The normalized spacial score (nSPS) is 18.9. The molecule has 1 aliphatic carbocycles. The van der Waals surface area contributed by atoms with Crippen molar-refractivity contribution in [3.05, 3.63) is 34.9 Å². The maximum Gasteiger partial charge on any atom is 0.416 e. The fourth-order valence-corrected chi connectivity index (χ4v) is 2.62. The summed E-state index contributed by atoms with van der Waals surface area (Å²) in [7, 11) is 0. The van der Waals surface area contributed by atoms with Crippen LogP contribution in [0.1, 0.15) is 36.0 Å². The third-order valence-corrected chi connectivity index (χ3v) is 3.83. The zero-order valence-corrected chi connectivity index (χ0v) is 9.77. The molecule has 0 aliphatic heterocycles. The van der Waals surface area contributed by atoms with Gasteiger partial charge in [-0.2, -0.15) is 13.2 Å². The average molecular weight is 243 g/mol. The maximum absolute atomic E-state index is 12.5. The number of hydrogen-bond acceptors (Lipinski definition) is 1. The van der Waals surface area contributed by atoms with Crippen LogP contribution in [0.2, 0.25) is 0 Å². The first-order valence-corrected chi connectivity index (χ1v) is 5.77. The molecule has 0 aromatic heterocycles. The Labute approximate surface area is 98.8 Å². The van der Waals surface area contributed by atoms with E-state index in [4.69, 9.17) is 5.73 Å². The monoisotopic (exact) mass is 243 g/mol. The van der Waals surface area contributed by atoms with Crippen LogP contribution in [0.4, 0.5) is 13.2 Å². The second-order valence-electron chi connectivity index (χ2n) is 4.87. The van der Waals surface area contributed by atoms with E-state index in [1.165, 1.54) is 6.07 Å². The molecule has 1 nitrogen and oxygen atoms in total. The van der Waals surface area contributed by atoms with Crippen LogP contribution in [-0.4, -0.2) is 6.54 Å². The van der Waals surface area contributed by atoms with Crippen LogP contribution in [0.5, 0.6) is 0 Å². The molecule has 1 saturated carbocycles. The fourth-order valence-electron chi connectivity index (χ4n) is 2.62. The highest BCUT2D eigenvalue weighted by Crippen LogP contribution is 2.44. The van der Waals surface area contributed by atoms with Gasteiger partial charge in [0.15, 0.2) is 0 Å². The molecule has 1 aromatic rings. The molecule has 1 fully saturated rings. The van der Waals surface area contributed by atoms with Gasteiger partial charge in [-0.25, -0.2) is 0 Å². The summed E-state index contributed by atoms with van der Waals surface area (Å²) in [6.45, 7) is 2.25. The van der Waals surface area contributed by atoms with Crippen molar-refractivity contribution in [2.24, 2.45) is 5.73 Å². The minimum Gasteiger partial charge on any atom is -0.330 e. The van der Waals surface area contributed by atoms with Crippen molar-refractivity contribution in [2.75, 3.05) is 6.54 Å². The topological polar surface area (TPSA) is 26.0 Å². The van der Waals surface area contributed by atoms with Gasteiger partial charge >= 0.3 is 6.18 Å². The SMILES string of the molecule is Cc1cc(C(F)(F)F)ccc1C1(CN)CCC1. The van der Waals surface area contributed by atoms with E-state index in [2.05, 4.69) is 0 Å². The first-order chi connectivity index (χ1) is 7.89. The molecule has 0 bridgehead atoms. The number of halogens is 3. The van der Waals surface area contributed by atoms with E-state index in [-0.39, 0.29) is 5.41 Å². The van der Waals surface area contributed by atoms with Gasteiger partial charge in [-0.15, -0.1) is 0 Å². The Balaban J connectivity index is 2.38. The molecule has 0 unspecified atom stereocenters. The van der Waals surface area contributed by atoms with Crippen molar-refractivity contribution >= 4 is 0 Å². The number of hydrogen-bond donors (Lipinski definition) is 1. The molecule has 0 atom stereocenters. The highest BCUT2D eigenvalue weighted by molar-refractivity contribution is 5.39. The van der Waals surface area contributed by atoms with Crippen molar-refractivity contribution < 1.29 is 13.2 Å². The molecule has 1 aromatic carbocycles. The van der Waals surface area contributed by atoms with Crippen LogP contribution in [0.3, 0.4) is 0 Å². The predicted molar refractivity (Wildman–Crippen MR) is 60.8 cm³/mol. The first kappa shape index (κ1) is 12.4. The lowest BCUT2D eigenvalue weighted by atomic mass is 9.63. The van der Waals surface area contributed by atoms with Crippen LogP contribution in [0.15, 0.2) is 18.2 Å². The van der Waals surface area contributed by atoms with Gasteiger partial charge in [-0.1, -0.05) is 12.5 Å². The molecule has 0 saturated heterocycles. The van der Waals surface area contributed by atoms with Gasteiger partial charge in [0, 0.05) is 12.0 Å². The third-order valence-electron chi connectivity index (χ3n) is 3.83. The Morgan fingerprint density at radius 1 is 1.29 bits per heavy atom. The van der Waals surface area contributed by atoms with Gasteiger partial charge in [0.2, 0.25) is 0 Å². The number of nitrogens with two attached hydrogens (primary N) is 1. The standard InChI is InChI=1S/C13H16F3N/c1-9-7-10(13(14,15)16)3-4-11(9)12(8-17)5-2-6-12/h3-4,7H,2,5-6,8,17H2,1H3. The Morgan fingerprint density at radius 3 is 2.29 bits per heavy atom. The summed E-state index contributed by atoms with van der Waals surface area (Å²) < 4.78 is 37.6. The van der Waals surface area contributed by atoms with Gasteiger partial charge in [-0.3, -0.25) is 0 Å². The molecule has 0 spiro atoms. The van der Waals surface area contributed by atoms with Crippen molar-refractivity contribution in [3.63, 3.8) is 0 Å². The summed E-state index contributed by atoms with van der Waals surface area (Å²) in [5.74, 6) is 0. The zero-order chi connectivity index (χ0) is 12.7. The van der Waals surface area contributed by atoms with Crippen LogP contribution >= 0.6 is 0 Å². The highest BCUT2D eigenvalue weighted by Gasteiger charge is 2.39. The Kier molecular flexibility index (Phi) is 2.94. The molecule has 0 radical (unpaired) electrons. The molecule has 2 rings (SSSR count). The van der Waals surface area contributed by atoms with E-state index >= 15 is 0 Å². The van der Waals surface area contributed by atoms with E-state index < -0.39 is 11.7 Å². The summed E-state index contributed by atoms with van der Waals surface area (Å²) in [4.78, 5) is 0. The van der Waals surface area contributed by atoms with Crippen molar-refractivity contribution in [3.8, 4) is 0 Å². The van der Waals surface area contributed by atoms with Gasteiger partial charge in [0.05, 0.1) is 5.56 Å². The lowest BCUT2D eigenvalue weighted by molar-refractivity contribution is -0.137. The Morgan fingerprint density at radius 2 is 1.94 bits per heavy atom. The Hall–Kier alpha value is -1.03. The lowest BCUT2D eigenvalue weighted by Crippen LogP contribution is -2.42. The van der Waals surface area contributed by atoms with E-state index in [0.29, 0.717) is 12.1 Å². The first-order valence-electron chi connectivity index (χ1n) is 5.77. The van der Waals surface area contributed by atoms with E-state index in [9.17, 15) is 13.2 Å². The molecule has 94 valence electrons. The molecule has 4 heteroatoms. The molecule has 2 N–H and O–H groups in total. The van der Waals surface area contributed by atoms with Crippen LogP contribution < -0.4 is 5.73 Å². The van der Waals surface area contributed by atoms with Crippen LogP contribution in [0, 0.1) is 6.92 Å². The summed E-state index contributed by atoms with van der Waals surface area (Å²) >= 11 is 0. The average Bonchev–Trinajstić information content (AvgIpc) is 2.17. The third kappa shape index (κ3) is 2.06. The number of aryl methyl sites for hydroxylation is 1. The van der Waals surface area contributed by atoms with Crippen molar-refractivity contribution in [2.45, 2.75) is 37.8 Å². The number of rotatable bonds is 2. The minimum atomic E-state index is -4.27. The molecular formula is C13H16F3N. The minimum absolute atomic E-state index is 0.0752. The van der Waals surface area contributed by atoms with Crippen molar-refractivity contribution in [1.29, 1.82) is 0 Å². The van der Waals surface area contributed by atoms with Gasteiger partial charge in [0.1, 0.15) is 0 Å². The predicted octanol–water partition coefficient (Wildman–Crippen LogP) is 3.39. The largest absolute Gasteiger partial charge is 0.416 e. The second kappa shape index (κ2) is 4.02. The lowest BCUT2D eigenvalue weighted by Gasteiger charge is -2.42. The fraction of sp³-hybridized carbons (Fsp3) is 0.538. The van der Waals surface area contributed by atoms with Crippen LogP contribution in [-0.2, 0) is 11.6 Å². The summed E-state index contributed by atoms with van der Waals surface area (Å²) in [6.07, 6.45) is -1.19. The summed E-state index contributed by atoms with van der Waals surface area (Å²) in [6, 6.07) is 3.99.